The SMILES string of the molecule is CCOC(CN)CCN1CCCC(C)(OC)C1. The molecule has 2 atom stereocenters. The summed E-state index contributed by atoms with van der Waals surface area (Å²) in [5.41, 5.74) is 5.72. The normalized spacial score (nSPS) is 28.2. The van der Waals surface area contributed by atoms with Crippen molar-refractivity contribution in [1.82, 2.24) is 4.90 Å². The van der Waals surface area contributed by atoms with Crippen molar-refractivity contribution in [3.8, 4) is 0 Å². The van der Waals surface area contributed by atoms with Gasteiger partial charge >= 0.3 is 0 Å². The molecule has 2 N–H and O–H groups in total. The molecule has 1 saturated heterocycles. The minimum Gasteiger partial charge on any atom is -0.377 e. The van der Waals surface area contributed by atoms with Crippen LogP contribution in [0.4, 0.5) is 0 Å². The van der Waals surface area contributed by atoms with Gasteiger partial charge < -0.3 is 20.1 Å². The van der Waals surface area contributed by atoms with E-state index in [-0.39, 0.29) is 11.7 Å². The Balaban J connectivity index is 2.31. The molecule has 0 bridgehead atoms. The lowest BCUT2D eigenvalue weighted by atomic mass is 9.94. The van der Waals surface area contributed by atoms with Gasteiger partial charge in [0.05, 0.1) is 11.7 Å². The predicted octanol–water partition coefficient (Wildman–Crippen LogP) is 1.24. The van der Waals surface area contributed by atoms with Gasteiger partial charge in [0.1, 0.15) is 0 Å². The number of likely N-dealkylation sites (tertiary alicyclic amines) is 1. The molecule has 1 rings (SSSR count). The summed E-state index contributed by atoms with van der Waals surface area (Å²) in [5, 5.41) is 0. The van der Waals surface area contributed by atoms with E-state index in [0.717, 1.165) is 32.5 Å². The second-order valence-electron chi connectivity index (χ2n) is 5.14. The molecule has 4 heteroatoms. The highest BCUT2D eigenvalue weighted by molar-refractivity contribution is 4.84. The number of piperidine rings is 1. The van der Waals surface area contributed by atoms with Gasteiger partial charge in [-0.25, -0.2) is 0 Å². The third-order valence-electron chi connectivity index (χ3n) is 3.66. The molecular formula is C13H28N2O2. The lowest BCUT2D eigenvalue weighted by molar-refractivity contribution is -0.0540. The average Bonchev–Trinajstić information content (AvgIpc) is 2.34. The Morgan fingerprint density at radius 1 is 1.47 bits per heavy atom. The molecule has 1 aliphatic rings. The summed E-state index contributed by atoms with van der Waals surface area (Å²) in [4.78, 5) is 2.47. The van der Waals surface area contributed by atoms with E-state index in [2.05, 4.69) is 11.8 Å². The van der Waals surface area contributed by atoms with Crippen molar-refractivity contribution in [3.05, 3.63) is 0 Å². The minimum atomic E-state index is 0.0298. The van der Waals surface area contributed by atoms with Gasteiger partial charge in [0.25, 0.3) is 0 Å². The van der Waals surface area contributed by atoms with Crippen molar-refractivity contribution in [1.29, 1.82) is 0 Å². The Morgan fingerprint density at radius 3 is 2.82 bits per heavy atom. The summed E-state index contributed by atoms with van der Waals surface area (Å²) in [6.07, 6.45) is 3.60. The summed E-state index contributed by atoms with van der Waals surface area (Å²) >= 11 is 0. The zero-order valence-electron chi connectivity index (χ0n) is 11.6. The van der Waals surface area contributed by atoms with E-state index in [1.807, 2.05) is 14.0 Å². The van der Waals surface area contributed by atoms with E-state index in [1.165, 1.54) is 13.0 Å². The number of rotatable bonds is 7. The van der Waals surface area contributed by atoms with Crippen LogP contribution in [0.15, 0.2) is 0 Å². The van der Waals surface area contributed by atoms with E-state index in [4.69, 9.17) is 15.2 Å². The third kappa shape index (κ3) is 4.92. The number of hydrogen-bond acceptors (Lipinski definition) is 4. The molecule has 0 aromatic rings. The van der Waals surface area contributed by atoms with Crippen LogP contribution in [0.25, 0.3) is 0 Å². The predicted molar refractivity (Wildman–Crippen MR) is 70.2 cm³/mol. The quantitative estimate of drug-likeness (QED) is 0.732. The number of ether oxygens (including phenoxy) is 2. The second kappa shape index (κ2) is 7.31. The molecule has 0 amide bonds. The molecule has 0 aliphatic carbocycles. The number of methoxy groups -OCH3 is 1. The van der Waals surface area contributed by atoms with Gasteiger partial charge in [0.15, 0.2) is 0 Å². The zero-order valence-corrected chi connectivity index (χ0v) is 11.6. The number of nitrogens with two attached hydrogens (primary N) is 1. The molecule has 0 spiro atoms. The van der Waals surface area contributed by atoms with Crippen LogP contribution in [0.2, 0.25) is 0 Å². The average molecular weight is 244 g/mol. The Bertz CT molecular complexity index is 214. The highest BCUT2D eigenvalue weighted by atomic mass is 16.5. The monoisotopic (exact) mass is 244 g/mol. The highest BCUT2D eigenvalue weighted by Crippen LogP contribution is 2.23. The van der Waals surface area contributed by atoms with Crippen molar-refractivity contribution in [2.24, 2.45) is 5.73 Å². The van der Waals surface area contributed by atoms with E-state index in [0.29, 0.717) is 6.54 Å². The molecule has 0 saturated carbocycles. The van der Waals surface area contributed by atoms with Crippen LogP contribution in [-0.4, -0.2) is 56.5 Å². The van der Waals surface area contributed by atoms with Gasteiger partial charge in [-0.2, -0.15) is 0 Å². The maximum atomic E-state index is 5.69. The van der Waals surface area contributed by atoms with Crippen molar-refractivity contribution in [2.75, 3.05) is 39.9 Å². The Kier molecular flexibility index (Phi) is 6.41. The maximum Gasteiger partial charge on any atom is 0.0777 e. The van der Waals surface area contributed by atoms with Gasteiger partial charge in [-0.15, -0.1) is 0 Å². The van der Waals surface area contributed by atoms with E-state index < -0.39 is 0 Å². The van der Waals surface area contributed by atoms with Gasteiger partial charge in [-0.05, 0) is 39.7 Å². The van der Waals surface area contributed by atoms with E-state index in [9.17, 15) is 0 Å². The smallest absolute Gasteiger partial charge is 0.0777 e. The zero-order chi connectivity index (χ0) is 12.7. The summed E-state index contributed by atoms with van der Waals surface area (Å²) in [6, 6.07) is 0. The van der Waals surface area contributed by atoms with E-state index in [1.54, 1.807) is 0 Å². The maximum absolute atomic E-state index is 5.69. The van der Waals surface area contributed by atoms with Crippen LogP contribution >= 0.6 is 0 Å². The van der Waals surface area contributed by atoms with Gasteiger partial charge in [-0.3, -0.25) is 0 Å². The molecule has 1 fully saturated rings. The first-order valence-electron chi connectivity index (χ1n) is 6.72. The number of nitrogens with zero attached hydrogens (tertiary/aromatic N) is 1. The lowest BCUT2D eigenvalue weighted by Crippen LogP contribution is -2.48. The van der Waals surface area contributed by atoms with Crippen molar-refractivity contribution >= 4 is 0 Å². The topological polar surface area (TPSA) is 47.7 Å². The first-order chi connectivity index (χ1) is 8.13. The summed E-state index contributed by atoms with van der Waals surface area (Å²) in [7, 11) is 1.81. The second-order valence-corrected chi connectivity index (χ2v) is 5.14. The molecule has 1 aliphatic heterocycles. The molecular weight excluding hydrogens is 216 g/mol. The third-order valence-corrected chi connectivity index (χ3v) is 3.66. The molecule has 1 heterocycles. The van der Waals surface area contributed by atoms with Crippen LogP contribution in [0, 0.1) is 0 Å². The van der Waals surface area contributed by atoms with Crippen LogP contribution in [0.5, 0.6) is 0 Å². The Labute approximate surface area is 105 Å². The van der Waals surface area contributed by atoms with Crippen molar-refractivity contribution in [2.45, 2.75) is 44.8 Å². The first-order valence-corrected chi connectivity index (χ1v) is 6.72. The summed E-state index contributed by atoms with van der Waals surface area (Å²) < 4.78 is 11.2. The molecule has 2 unspecified atom stereocenters. The van der Waals surface area contributed by atoms with Crippen LogP contribution in [0.1, 0.15) is 33.1 Å². The Hall–Kier alpha value is -0.160. The summed E-state index contributed by atoms with van der Waals surface area (Å²) in [6.45, 7) is 8.82. The van der Waals surface area contributed by atoms with Crippen LogP contribution < -0.4 is 5.73 Å². The van der Waals surface area contributed by atoms with Gasteiger partial charge in [0.2, 0.25) is 0 Å². The molecule has 0 aromatic heterocycles. The lowest BCUT2D eigenvalue weighted by Gasteiger charge is -2.39. The number of hydrogen-bond donors (Lipinski definition) is 1. The van der Waals surface area contributed by atoms with Crippen LogP contribution in [-0.2, 0) is 9.47 Å². The van der Waals surface area contributed by atoms with Gasteiger partial charge in [-0.1, -0.05) is 0 Å². The minimum absolute atomic E-state index is 0.0298. The van der Waals surface area contributed by atoms with Crippen LogP contribution in [0.3, 0.4) is 0 Å². The van der Waals surface area contributed by atoms with E-state index >= 15 is 0 Å². The molecule has 0 radical (unpaired) electrons. The fraction of sp³-hybridized carbons (Fsp3) is 1.00. The van der Waals surface area contributed by atoms with Gasteiger partial charge in [0, 0.05) is 33.4 Å². The largest absolute Gasteiger partial charge is 0.377 e. The molecule has 0 aromatic carbocycles. The van der Waals surface area contributed by atoms with Crippen molar-refractivity contribution in [3.63, 3.8) is 0 Å². The fourth-order valence-electron chi connectivity index (χ4n) is 2.50. The van der Waals surface area contributed by atoms with Crippen molar-refractivity contribution < 1.29 is 9.47 Å². The fourth-order valence-corrected chi connectivity index (χ4v) is 2.50. The highest BCUT2D eigenvalue weighted by Gasteiger charge is 2.30. The standard InChI is InChI=1S/C13H28N2O2/c1-4-17-12(10-14)6-9-15-8-5-7-13(2,11-15)16-3/h12H,4-11,14H2,1-3H3. The Morgan fingerprint density at radius 2 is 2.24 bits per heavy atom. The molecule has 17 heavy (non-hydrogen) atoms. The summed E-state index contributed by atoms with van der Waals surface area (Å²) in [5.74, 6) is 0. The molecule has 102 valence electrons. The first kappa shape index (κ1) is 14.9. The molecule has 4 nitrogen and oxygen atoms in total.